The first kappa shape index (κ1) is 15.7. The Morgan fingerprint density at radius 1 is 0.864 bits per heavy atom. The molecule has 0 aliphatic carbocycles. The van der Waals surface area contributed by atoms with E-state index in [1.54, 1.807) is 12.1 Å². The van der Waals surface area contributed by atoms with Gasteiger partial charge >= 0.3 is 5.97 Å². The topological polar surface area (TPSA) is 54.0 Å². The summed E-state index contributed by atoms with van der Waals surface area (Å²) in [5.74, 6) is 0.811. The smallest absolute Gasteiger partial charge is 0.342 e. The van der Waals surface area contributed by atoms with Gasteiger partial charge in [-0.25, -0.2) is 4.79 Å². The molecule has 0 aromatic heterocycles. The summed E-state index contributed by atoms with van der Waals surface area (Å²) in [6.45, 7) is 0.192. The van der Waals surface area contributed by atoms with E-state index >= 15 is 0 Å². The van der Waals surface area contributed by atoms with Crippen LogP contribution in [0, 0.1) is 0 Å². The van der Waals surface area contributed by atoms with Crippen molar-refractivity contribution in [1.82, 2.24) is 0 Å². The number of ether oxygens (including phenoxy) is 4. The lowest BCUT2D eigenvalue weighted by Crippen LogP contribution is -2.08. The number of benzene rings is 2. The first-order chi connectivity index (χ1) is 10.7. The number of rotatable bonds is 6. The van der Waals surface area contributed by atoms with Gasteiger partial charge in [0.2, 0.25) is 0 Å². The van der Waals surface area contributed by atoms with Crippen molar-refractivity contribution in [2.45, 2.75) is 6.61 Å². The minimum atomic E-state index is -0.485. The van der Waals surface area contributed by atoms with Crippen LogP contribution in [0.2, 0.25) is 0 Å². The Balaban J connectivity index is 2.21. The molecule has 5 nitrogen and oxygen atoms in total. The Bertz CT molecular complexity index is 637. The third-order valence-corrected chi connectivity index (χ3v) is 3.14. The highest BCUT2D eigenvalue weighted by Gasteiger charge is 2.19. The first-order valence-electron chi connectivity index (χ1n) is 6.70. The monoisotopic (exact) mass is 302 g/mol. The standard InChI is InChI=1S/C17H18O5/c1-19-14-10-16(21-3)15(20-2)9-13(14)17(18)22-11-12-7-5-4-6-8-12/h4-10H,11H2,1-3H3. The van der Waals surface area contributed by atoms with E-state index in [9.17, 15) is 4.79 Å². The van der Waals surface area contributed by atoms with Crippen LogP contribution in [-0.4, -0.2) is 27.3 Å². The molecule has 0 unspecified atom stereocenters. The minimum Gasteiger partial charge on any atom is -0.496 e. The molecule has 0 heterocycles. The summed E-state index contributed by atoms with van der Waals surface area (Å²) in [4.78, 5) is 12.3. The van der Waals surface area contributed by atoms with Crippen LogP contribution in [0.25, 0.3) is 0 Å². The highest BCUT2D eigenvalue weighted by atomic mass is 16.5. The number of methoxy groups -OCH3 is 3. The lowest BCUT2D eigenvalue weighted by Gasteiger charge is -2.13. The Labute approximate surface area is 129 Å². The molecule has 0 spiro atoms. The van der Waals surface area contributed by atoms with Gasteiger partial charge in [-0.15, -0.1) is 0 Å². The lowest BCUT2D eigenvalue weighted by molar-refractivity contribution is 0.0468. The zero-order chi connectivity index (χ0) is 15.9. The summed E-state index contributed by atoms with van der Waals surface area (Å²) in [5, 5.41) is 0. The Morgan fingerprint density at radius 2 is 1.45 bits per heavy atom. The maximum absolute atomic E-state index is 12.3. The van der Waals surface area contributed by atoms with Crippen molar-refractivity contribution in [3.8, 4) is 17.2 Å². The molecule has 2 rings (SSSR count). The molecule has 0 amide bonds. The molecule has 0 saturated heterocycles. The van der Waals surface area contributed by atoms with Crippen LogP contribution in [0.1, 0.15) is 15.9 Å². The van der Waals surface area contributed by atoms with Crippen molar-refractivity contribution >= 4 is 5.97 Å². The van der Waals surface area contributed by atoms with E-state index in [-0.39, 0.29) is 12.2 Å². The van der Waals surface area contributed by atoms with E-state index in [1.165, 1.54) is 21.3 Å². The Kier molecular flexibility index (Phi) is 5.25. The van der Waals surface area contributed by atoms with Gasteiger partial charge in [0.05, 0.1) is 21.3 Å². The van der Waals surface area contributed by atoms with Gasteiger partial charge in [-0.1, -0.05) is 30.3 Å². The molecule has 0 bridgehead atoms. The summed E-state index contributed by atoms with van der Waals surface area (Å²) < 4.78 is 20.9. The second-order valence-corrected chi connectivity index (χ2v) is 4.47. The number of esters is 1. The maximum atomic E-state index is 12.3. The Hall–Kier alpha value is -2.69. The predicted molar refractivity (Wildman–Crippen MR) is 81.7 cm³/mol. The molecule has 2 aromatic carbocycles. The van der Waals surface area contributed by atoms with Crippen LogP contribution in [-0.2, 0) is 11.3 Å². The molecule has 0 aliphatic heterocycles. The summed E-state index contributed by atoms with van der Waals surface area (Å²) in [6.07, 6.45) is 0. The van der Waals surface area contributed by atoms with Crippen LogP contribution in [0.5, 0.6) is 17.2 Å². The second kappa shape index (κ2) is 7.36. The average molecular weight is 302 g/mol. The van der Waals surface area contributed by atoms with Gasteiger partial charge in [-0.3, -0.25) is 0 Å². The van der Waals surface area contributed by atoms with Crippen molar-refractivity contribution in [1.29, 1.82) is 0 Å². The van der Waals surface area contributed by atoms with Crippen molar-refractivity contribution < 1.29 is 23.7 Å². The number of carbonyl (C=O) groups excluding carboxylic acids is 1. The largest absolute Gasteiger partial charge is 0.496 e. The van der Waals surface area contributed by atoms with Gasteiger partial charge in [0, 0.05) is 12.1 Å². The van der Waals surface area contributed by atoms with Gasteiger partial charge < -0.3 is 18.9 Å². The number of carbonyl (C=O) groups is 1. The fraction of sp³-hybridized carbons (Fsp3) is 0.235. The minimum absolute atomic E-state index is 0.192. The van der Waals surface area contributed by atoms with Gasteiger partial charge in [-0.05, 0) is 5.56 Å². The van der Waals surface area contributed by atoms with E-state index in [2.05, 4.69) is 0 Å². The predicted octanol–water partition coefficient (Wildman–Crippen LogP) is 3.07. The molecule has 2 aromatic rings. The van der Waals surface area contributed by atoms with Gasteiger partial charge in [0.25, 0.3) is 0 Å². The lowest BCUT2D eigenvalue weighted by atomic mass is 10.1. The molecule has 5 heteroatoms. The molecule has 0 aliphatic rings. The summed E-state index contributed by atoms with van der Waals surface area (Å²) in [6, 6.07) is 12.6. The van der Waals surface area contributed by atoms with E-state index in [0.717, 1.165) is 5.56 Å². The fourth-order valence-corrected chi connectivity index (χ4v) is 1.99. The van der Waals surface area contributed by atoms with Crippen molar-refractivity contribution in [2.24, 2.45) is 0 Å². The van der Waals surface area contributed by atoms with Crippen LogP contribution < -0.4 is 14.2 Å². The maximum Gasteiger partial charge on any atom is 0.342 e. The molecular formula is C17H18O5. The zero-order valence-corrected chi connectivity index (χ0v) is 12.8. The van der Waals surface area contributed by atoms with E-state index in [4.69, 9.17) is 18.9 Å². The second-order valence-electron chi connectivity index (χ2n) is 4.47. The van der Waals surface area contributed by atoms with Crippen molar-refractivity contribution in [2.75, 3.05) is 21.3 Å². The van der Waals surface area contributed by atoms with Crippen molar-refractivity contribution in [3.05, 3.63) is 53.6 Å². The van der Waals surface area contributed by atoms with Crippen LogP contribution in [0.4, 0.5) is 0 Å². The van der Waals surface area contributed by atoms with E-state index in [1.807, 2.05) is 30.3 Å². The number of hydrogen-bond donors (Lipinski definition) is 0. The molecule has 116 valence electrons. The number of hydrogen-bond acceptors (Lipinski definition) is 5. The summed E-state index contributed by atoms with van der Waals surface area (Å²) >= 11 is 0. The van der Waals surface area contributed by atoms with Crippen LogP contribution in [0.15, 0.2) is 42.5 Å². The third-order valence-electron chi connectivity index (χ3n) is 3.14. The average Bonchev–Trinajstić information content (AvgIpc) is 2.59. The molecule has 0 radical (unpaired) electrons. The van der Waals surface area contributed by atoms with Gasteiger partial charge in [0.15, 0.2) is 11.5 Å². The molecule has 0 fully saturated rings. The molecule has 22 heavy (non-hydrogen) atoms. The third kappa shape index (κ3) is 3.49. The quantitative estimate of drug-likeness (QED) is 0.768. The molecule has 0 atom stereocenters. The Morgan fingerprint density at radius 3 is 2.05 bits per heavy atom. The molecule has 0 saturated carbocycles. The molecule has 0 N–H and O–H groups in total. The van der Waals surface area contributed by atoms with E-state index < -0.39 is 5.97 Å². The highest BCUT2D eigenvalue weighted by Crippen LogP contribution is 2.35. The first-order valence-corrected chi connectivity index (χ1v) is 6.70. The highest BCUT2D eigenvalue weighted by molar-refractivity contribution is 5.93. The summed E-state index contributed by atoms with van der Waals surface area (Å²) in [7, 11) is 4.50. The van der Waals surface area contributed by atoms with Crippen LogP contribution in [0.3, 0.4) is 0 Å². The van der Waals surface area contributed by atoms with Crippen molar-refractivity contribution in [3.63, 3.8) is 0 Å². The summed E-state index contributed by atoms with van der Waals surface area (Å²) in [5.41, 5.74) is 1.20. The normalized spacial score (nSPS) is 9.95. The van der Waals surface area contributed by atoms with E-state index in [0.29, 0.717) is 17.2 Å². The van der Waals surface area contributed by atoms with Gasteiger partial charge in [-0.2, -0.15) is 0 Å². The van der Waals surface area contributed by atoms with Gasteiger partial charge in [0.1, 0.15) is 17.9 Å². The zero-order valence-electron chi connectivity index (χ0n) is 12.8. The SMILES string of the molecule is COc1cc(OC)c(C(=O)OCc2ccccc2)cc1OC. The molecular weight excluding hydrogens is 284 g/mol. The van der Waals surface area contributed by atoms with Crippen LogP contribution >= 0.6 is 0 Å². The fourth-order valence-electron chi connectivity index (χ4n) is 1.99.